The van der Waals surface area contributed by atoms with Gasteiger partial charge in [-0.05, 0) is 12.5 Å². The first-order valence-electron chi connectivity index (χ1n) is 3.31. The minimum Gasteiger partial charge on any atom is -0.505 e. The van der Waals surface area contributed by atoms with E-state index in [2.05, 4.69) is 0 Å². The van der Waals surface area contributed by atoms with E-state index >= 15 is 0 Å². The Bertz CT molecular complexity index is 231. The molecule has 0 fully saturated rings. The van der Waals surface area contributed by atoms with Crippen LogP contribution in [0, 0.1) is 6.92 Å². The molecule has 0 atom stereocenters. The Morgan fingerprint density at radius 1 is 0.833 bits per heavy atom. The highest BCUT2D eigenvalue weighted by Gasteiger charge is 2.11. The van der Waals surface area contributed by atoms with Crippen LogP contribution in [-0.4, -0.2) is 33.8 Å². The quantitative estimate of drug-likeness (QED) is 0.328. The van der Waals surface area contributed by atoms with E-state index in [-0.39, 0.29) is 22.1 Å². The molecule has 0 amide bonds. The molecule has 0 aliphatic carbocycles. The maximum absolute atomic E-state index is 9.23. The summed E-state index contributed by atoms with van der Waals surface area (Å²) in [4.78, 5) is 0. The molecule has 12 heavy (non-hydrogen) atoms. The lowest BCUT2D eigenvalue weighted by Crippen LogP contribution is -2.40. The average Bonchev–Trinajstić information content (AvgIpc) is 2.08. The van der Waals surface area contributed by atoms with Crippen molar-refractivity contribution in [1.82, 2.24) is 0 Å². The fraction of sp³-hybridized carbons (Fsp3) is 0.143. The molecule has 0 aliphatic rings. The van der Waals surface area contributed by atoms with Crippen LogP contribution in [0.3, 0.4) is 0 Å². The Morgan fingerprint density at radius 2 is 1.33 bits per heavy atom. The van der Waals surface area contributed by atoms with Crippen molar-refractivity contribution >= 4 is 39.9 Å². The van der Waals surface area contributed by atoms with Gasteiger partial charge in [0.15, 0.2) is 5.75 Å². The fourth-order valence-corrected chi connectivity index (χ4v) is 0.907. The van der Waals surface area contributed by atoms with Crippen molar-refractivity contribution in [3.8, 4) is 11.5 Å². The zero-order chi connectivity index (χ0) is 9.46. The zero-order valence-corrected chi connectivity index (χ0v) is 6.63. The second-order valence-electron chi connectivity index (χ2n) is 2.56. The van der Waals surface area contributed by atoms with E-state index in [0.717, 1.165) is 0 Å². The normalized spacial score (nSPS) is 10.1. The van der Waals surface area contributed by atoms with Gasteiger partial charge in [0.25, 0.3) is 0 Å². The molecule has 0 unspecified atom stereocenters. The lowest BCUT2D eigenvalue weighted by Gasteiger charge is -2.13. The van der Waals surface area contributed by atoms with Crippen LogP contribution in [0.5, 0.6) is 11.5 Å². The topological polar surface area (TPSA) is 40.5 Å². The number of phenols is 2. The number of aromatic hydroxyl groups is 2. The van der Waals surface area contributed by atoms with E-state index in [0.29, 0.717) is 5.56 Å². The molecule has 0 spiro atoms. The molecule has 0 bridgehead atoms. The summed E-state index contributed by atoms with van der Waals surface area (Å²) in [5.74, 6) is -0.738. The third kappa shape index (κ3) is 1.09. The molecular formula is C7H5B3O2. The van der Waals surface area contributed by atoms with Crippen LogP contribution < -0.4 is 16.4 Å². The molecule has 1 rings (SSSR count). The molecular weight excluding hydrogens is 149 g/mol. The predicted molar refractivity (Wildman–Crippen MR) is 50.7 cm³/mol. The van der Waals surface area contributed by atoms with Gasteiger partial charge in [0.2, 0.25) is 0 Å². The summed E-state index contributed by atoms with van der Waals surface area (Å²) >= 11 is 0. The first-order valence-corrected chi connectivity index (χ1v) is 3.31. The Balaban J connectivity index is 3.60. The second kappa shape index (κ2) is 2.81. The van der Waals surface area contributed by atoms with Crippen molar-refractivity contribution < 1.29 is 10.2 Å². The molecule has 54 valence electrons. The lowest BCUT2D eigenvalue weighted by molar-refractivity contribution is 0.405. The van der Waals surface area contributed by atoms with Crippen LogP contribution in [0.1, 0.15) is 5.56 Å². The number of phenolic OH excluding ortho intramolecular Hbond substituents is 2. The van der Waals surface area contributed by atoms with Gasteiger partial charge in [-0.15, -0.1) is 5.46 Å². The summed E-state index contributed by atoms with van der Waals surface area (Å²) in [6, 6.07) is 0. The summed E-state index contributed by atoms with van der Waals surface area (Å²) in [5.41, 5.74) is 0.542. The van der Waals surface area contributed by atoms with Gasteiger partial charge >= 0.3 is 0 Å². The summed E-state index contributed by atoms with van der Waals surface area (Å²) in [7, 11) is 16.2. The molecule has 0 aliphatic heterocycles. The van der Waals surface area contributed by atoms with Crippen molar-refractivity contribution in [3.63, 3.8) is 0 Å². The molecule has 2 N–H and O–H groups in total. The Hall–Kier alpha value is -0.985. The van der Waals surface area contributed by atoms with Gasteiger partial charge in [-0.2, -0.15) is 0 Å². The lowest BCUT2D eigenvalue weighted by atomic mass is 9.70. The van der Waals surface area contributed by atoms with E-state index in [4.69, 9.17) is 23.5 Å². The number of hydrogen-bond donors (Lipinski definition) is 2. The molecule has 1 aromatic rings. The first kappa shape index (κ1) is 9.11. The molecule has 2 nitrogen and oxygen atoms in total. The highest BCUT2D eigenvalue weighted by Crippen LogP contribution is 2.22. The number of benzene rings is 1. The van der Waals surface area contributed by atoms with Gasteiger partial charge < -0.3 is 10.2 Å². The molecule has 1 aromatic carbocycles. The minimum atomic E-state index is -0.417. The number of hydrogen-bond acceptors (Lipinski definition) is 2. The van der Waals surface area contributed by atoms with E-state index in [1.807, 2.05) is 0 Å². The third-order valence-corrected chi connectivity index (χ3v) is 1.82. The highest BCUT2D eigenvalue weighted by molar-refractivity contribution is 6.58. The van der Waals surface area contributed by atoms with Crippen LogP contribution in [0.4, 0.5) is 0 Å². The van der Waals surface area contributed by atoms with Gasteiger partial charge in [0, 0.05) is 0 Å². The second-order valence-corrected chi connectivity index (χ2v) is 2.56. The smallest absolute Gasteiger partial charge is 0.159 e. The van der Waals surface area contributed by atoms with Gasteiger partial charge in [-0.3, -0.25) is 0 Å². The Morgan fingerprint density at radius 3 is 1.83 bits per heavy atom. The van der Waals surface area contributed by atoms with Crippen LogP contribution in [0.15, 0.2) is 0 Å². The first-order chi connectivity index (χ1) is 5.46. The van der Waals surface area contributed by atoms with Gasteiger partial charge in [0.05, 0.1) is 0 Å². The summed E-state index contributed by atoms with van der Waals surface area (Å²) in [6.45, 7) is 1.54. The highest BCUT2D eigenvalue weighted by atomic mass is 16.3. The van der Waals surface area contributed by atoms with Crippen molar-refractivity contribution in [3.05, 3.63) is 5.56 Å². The maximum atomic E-state index is 9.23. The zero-order valence-electron chi connectivity index (χ0n) is 6.63. The van der Waals surface area contributed by atoms with Crippen LogP contribution in [-0.2, 0) is 0 Å². The molecule has 6 radical (unpaired) electrons. The van der Waals surface area contributed by atoms with E-state index in [9.17, 15) is 10.2 Å². The van der Waals surface area contributed by atoms with E-state index in [1.54, 1.807) is 6.92 Å². The average molecular weight is 154 g/mol. The maximum Gasteiger partial charge on any atom is 0.159 e. The van der Waals surface area contributed by atoms with Gasteiger partial charge in [-0.25, -0.2) is 0 Å². The molecule has 0 saturated heterocycles. The standard InChI is InChI=1S/C7H5B3O2/c1-2-3(8)4(9)5(10)7(12)6(2)11/h11-12H,1H3. The van der Waals surface area contributed by atoms with Crippen molar-refractivity contribution in [2.75, 3.05) is 0 Å². The van der Waals surface area contributed by atoms with Gasteiger partial charge in [0.1, 0.15) is 29.3 Å². The Kier molecular flexibility index (Phi) is 2.13. The molecule has 0 heterocycles. The monoisotopic (exact) mass is 154 g/mol. The van der Waals surface area contributed by atoms with E-state index in [1.165, 1.54) is 0 Å². The largest absolute Gasteiger partial charge is 0.505 e. The predicted octanol–water partition coefficient (Wildman–Crippen LogP) is -2.21. The molecule has 0 saturated carbocycles. The summed E-state index contributed by atoms with van der Waals surface area (Å²) < 4.78 is 0. The molecule has 0 aromatic heterocycles. The fourth-order valence-electron chi connectivity index (χ4n) is 0.907. The molecule has 5 heteroatoms. The number of rotatable bonds is 0. The van der Waals surface area contributed by atoms with Crippen LogP contribution in [0.25, 0.3) is 0 Å². The Labute approximate surface area is 74.8 Å². The van der Waals surface area contributed by atoms with Crippen LogP contribution >= 0.6 is 0 Å². The van der Waals surface area contributed by atoms with E-state index < -0.39 is 5.75 Å². The third-order valence-electron chi connectivity index (χ3n) is 1.82. The van der Waals surface area contributed by atoms with Crippen LogP contribution in [0.2, 0.25) is 0 Å². The minimum absolute atomic E-state index is 0.0874. The van der Waals surface area contributed by atoms with Crippen molar-refractivity contribution in [2.45, 2.75) is 6.92 Å². The summed E-state index contributed by atoms with van der Waals surface area (Å²) in [6.07, 6.45) is 0. The van der Waals surface area contributed by atoms with Gasteiger partial charge in [-0.1, -0.05) is 10.9 Å². The van der Waals surface area contributed by atoms with Crippen molar-refractivity contribution in [1.29, 1.82) is 0 Å². The van der Waals surface area contributed by atoms with Crippen molar-refractivity contribution in [2.24, 2.45) is 0 Å². The summed E-state index contributed by atoms with van der Waals surface area (Å²) in [5, 5.41) is 18.4. The SMILES string of the molecule is [B]c1c([B])c(C)c(O)c(O)c1[B].